The predicted molar refractivity (Wildman–Crippen MR) is 127 cm³/mol. The number of hydrogen-bond acceptors (Lipinski definition) is 5. The van der Waals surface area contributed by atoms with Gasteiger partial charge in [-0.1, -0.05) is 46.5 Å². The minimum absolute atomic E-state index is 0.0701. The maximum absolute atomic E-state index is 12.7. The highest BCUT2D eigenvalue weighted by molar-refractivity contribution is 5.87. The van der Waals surface area contributed by atoms with Crippen molar-refractivity contribution in [2.45, 2.75) is 104 Å². The van der Waals surface area contributed by atoms with Gasteiger partial charge < -0.3 is 26.4 Å². The van der Waals surface area contributed by atoms with E-state index in [0.29, 0.717) is 31.8 Å². The number of nitrogens with one attached hydrogen (secondary N) is 4. The molecule has 1 fully saturated rings. The lowest BCUT2D eigenvalue weighted by atomic mass is 9.89. The van der Waals surface area contributed by atoms with Crippen molar-refractivity contribution < 1.29 is 19.5 Å². The highest BCUT2D eigenvalue weighted by Gasteiger charge is 2.28. The highest BCUT2D eigenvalue weighted by atomic mass is 16.3. The van der Waals surface area contributed by atoms with Gasteiger partial charge in [-0.25, -0.2) is 0 Å². The SMILES string of the molecule is CCCCNC(=O)[C@H](C)C[C@H](O)[C@@H]1C[C@H](C)CCCCCNCCC(=O)N[C@@H](C)C(=O)N1. The van der Waals surface area contributed by atoms with Crippen LogP contribution in [0.15, 0.2) is 0 Å². The quantitative estimate of drug-likeness (QED) is 0.376. The van der Waals surface area contributed by atoms with Crippen LogP contribution in [0.2, 0.25) is 0 Å². The van der Waals surface area contributed by atoms with Crippen LogP contribution in [0, 0.1) is 11.8 Å². The lowest BCUT2D eigenvalue weighted by Crippen LogP contribution is -2.52. The van der Waals surface area contributed by atoms with Gasteiger partial charge in [0.15, 0.2) is 0 Å². The van der Waals surface area contributed by atoms with Gasteiger partial charge in [-0.15, -0.1) is 0 Å². The molecule has 3 amide bonds. The largest absolute Gasteiger partial charge is 0.391 e. The molecule has 1 rings (SSSR count). The molecule has 5 atom stereocenters. The zero-order chi connectivity index (χ0) is 23.9. The van der Waals surface area contributed by atoms with Crippen LogP contribution in [-0.2, 0) is 14.4 Å². The number of aliphatic hydroxyl groups is 1. The van der Waals surface area contributed by atoms with Crippen molar-refractivity contribution >= 4 is 17.7 Å². The molecule has 186 valence electrons. The van der Waals surface area contributed by atoms with E-state index in [1.165, 1.54) is 0 Å². The van der Waals surface area contributed by atoms with Crippen molar-refractivity contribution in [3.63, 3.8) is 0 Å². The van der Waals surface area contributed by atoms with Crippen molar-refractivity contribution in [1.29, 1.82) is 0 Å². The van der Waals surface area contributed by atoms with Gasteiger partial charge in [0, 0.05) is 25.4 Å². The molecule has 0 aromatic heterocycles. The lowest BCUT2D eigenvalue weighted by molar-refractivity contribution is -0.130. The van der Waals surface area contributed by atoms with Gasteiger partial charge in [0.25, 0.3) is 0 Å². The van der Waals surface area contributed by atoms with Crippen LogP contribution in [0.1, 0.15) is 85.5 Å². The van der Waals surface area contributed by atoms with Gasteiger partial charge in [-0.05, 0) is 45.1 Å². The van der Waals surface area contributed by atoms with E-state index in [9.17, 15) is 19.5 Å². The molecule has 5 N–H and O–H groups in total. The number of carbonyl (C=O) groups is 3. The zero-order valence-electron chi connectivity index (χ0n) is 20.5. The predicted octanol–water partition coefficient (Wildman–Crippen LogP) is 1.86. The summed E-state index contributed by atoms with van der Waals surface area (Å²) in [5, 5.41) is 22.8. The number of unbranched alkanes of at least 4 members (excludes halogenated alkanes) is 1. The average molecular weight is 455 g/mol. The van der Waals surface area contributed by atoms with Gasteiger partial charge in [0.1, 0.15) is 6.04 Å². The van der Waals surface area contributed by atoms with E-state index < -0.39 is 18.2 Å². The molecular weight excluding hydrogens is 408 g/mol. The van der Waals surface area contributed by atoms with Crippen LogP contribution < -0.4 is 21.3 Å². The molecule has 0 radical (unpaired) electrons. The first-order valence-electron chi connectivity index (χ1n) is 12.5. The summed E-state index contributed by atoms with van der Waals surface area (Å²) < 4.78 is 0. The maximum Gasteiger partial charge on any atom is 0.242 e. The Morgan fingerprint density at radius 1 is 1.16 bits per heavy atom. The van der Waals surface area contributed by atoms with E-state index in [4.69, 9.17) is 0 Å². The van der Waals surface area contributed by atoms with Crippen LogP contribution in [-0.4, -0.2) is 60.6 Å². The molecule has 0 unspecified atom stereocenters. The van der Waals surface area contributed by atoms with Crippen LogP contribution in [0.25, 0.3) is 0 Å². The van der Waals surface area contributed by atoms with E-state index in [2.05, 4.69) is 35.1 Å². The fraction of sp³-hybridized carbons (Fsp3) is 0.875. The number of rotatable bonds is 7. The number of carbonyl (C=O) groups excluding carboxylic acids is 3. The summed E-state index contributed by atoms with van der Waals surface area (Å²) in [5.41, 5.74) is 0. The van der Waals surface area contributed by atoms with Gasteiger partial charge in [-0.3, -0.25) is 14.4 Å². The average Bonchev–Trinajstić information content (AvgIpc) is 2.74. The fourth-order valence-corrected chi connectivity index (χ4v) is 3.99. The smallest absolute Gasteiger partial charge is 0.242 e. The summed E-state index contributed by atoms with van der Waals surface area (Å²) >= 11 is 0. The molecule has 0 spiro atoms. The molecule has 0 aromatic carbocycles. The number of aliphatic hydroxyl groups excluding tert-OH is 1. The van der Waals surface area contributed by atoms with Gasteiger partial charge in [0.2, 0.25) is 17.7 Å². The molecule has 1 aliphatic rings. The van der Waals surface area contributed by atoms with Crippen LogP contribution in [0.4, 0.5) is 0 Å². The summed E-state index contributed by atoms with van der Waals surface area (Å²) in [4.78, 5) is 37.2. The summed E-state index contributed by atoms with van der Waals surface area (Å²) in [6.45, 7) is 9.79. The van der Waals surface area contributed by atoms with Crippen molar-refractivity contribution in [1.82, 2.24) is 21.3 Å². The molecule has 0 saturated carbocycles. The second-order valence-electron chi connectivity index (χ2n) is 9.44. The van der Waals surface area contributed by atoms with E-state index in [0.717, 1.165) is 45.1 Å². The maximum atomic E-state index is 12.7. The zero-order valence-corrected chi connectivity index (χ0v) is 20.5. The van der Waals surface area contributed by atoms with Crippen LogP contribution >= 0.6 is 0 Å². The Balaban J connectivity index is 2.79. The first-order valence-corrected chi connectivity index (χ1v) is 12.5. The Morgan fingerprint density at radius 2 is 1.91 bits per heavy atom. The minimum Gasteiger partial charge on any atom is -0.391 e. The molecule has 8 nitrogen and oxygen atoms in total. The third-order valence-corrected chi connectivity index (χ3v) is 6.17. The van der Waals surface area contributed by atoms with Gasteiger partial charge in [-0.2, -0.15) is 0 Å². The second kappa shape index (κ2) is 16.0. The molecule has 0 aliphatic carbocycles. The van der Waals surface area contributed by atoms with E-state index in [1.807, 2.05) is 6.92 Å². The van der Waals surface area contributed by atoms with Gasteiger partial charge >= 0.3 is 0 Å². The Bertz CT molecular complexity index is 572. The summed E-state index contributed by atoms with van der Waals surface area (Å²) in [7, 11) is 0. The highest BCUT2D eigenvalue weighted by Crippen LogP contribution is 2.20. The first kappa shape index (κ1) is 28.4. The monoisotopic (exact) mass is 454 g/mol. The Hall–Kier alpha value is -1.67. The molecule has 1 aliphatic heterocycles. The summed E-state index contributed by atoms with van der Waals surface area (Å²) in [5.74, 6) is -0.572. The minimum atomic E-state index is -0.834. The molecule has 1 heterocycles. The van der Waals surface area contributed by atoms with E-state index >= 15 is 0 Å². The van der Waals surface area contributed by atoms with Crippen LogP contribution in [0.3, 0.4) is 0 Å². The molecule has 8 heteroatoms. The standard InChI is InChI=1S/C24H46N4O4/c1-5-6-13-26-23(31)18(3)16-21(29)20-15-17(2)10-8-7-9-12-25-14-11-22(30)27-19(4)24(32)28-20/h17-21,25,29H,5-16H2,1-4H3,(H,26,31)(H,27,30)(H,28,32)/t17-,18-,19+,20+,21+/m1/s1. The van der Waals surface area contributed by atoms with Crippen molar-refractivity contribution in [2.75, 3.05) is 19.6 Å². The summed E-state index contributed by atoms with van der Waals surface area (Å²) in [6.07, 6.45) is 6.63. The van der Waals surface area contributed by atoms with Crippen molar-refractivity contribution in [2.24, 2.45) is 11.8 Å². The third kappa shape index (κ3) is 11.8. The summed E-state index contributed by atoms with van der Waals surface area (Å²) in [6, 6.07) is -1.15. The first-order chi connectivity index (χ1) is 15.2. The van der Waals surface area contributed by atoms with E-state index in [-0.39, 0.29) is 30.1 Å². The Morgan fingerprint density at radius 3 is 2.62 bits per heavy atom. The van der Waals surface area contributed by atoms with Crippen molar-refractivity contribution in [3.8, 4) is 0 Å². The number of hydrogen-bond donors (Lipinski definition) is 5. The third-order valence-electron chi connectivity index (χ3n) is 6.17. The molecule has 1 saturated heterocycles. The van der Waals surface area contributed by atoms with Gasteiger partial charge in [0.05, 0.1) is 12.1 Å². The van der Waals surface area contributed by atoms with Crippen molar-refractivity contribution in [3.05, 3.63) is 0 Å². The lowest BCUT2D eigenvalue weighted by Gasteiger charge is -2.29. The molecular formula is C24H46N4O4. The van der Waals surface area contributed by atoms with Crippen LogP contribution in [0.5, 0.6) is 0 Å². The normalized spacial score (nSPS) is 26.5. The Labute approximate surface area is 194 Å². The molecule has 0 bridgehead atoms. The molecule has 32 heavy (non-hydrogen) atoms. The Kier molecular flexibility index (Phi) is 14.2. The fourth-order valence-electron chi connectivity index (χ4n) is 3.99. The molecule has 0 aromatic rings. The topological polar surface area (TPSA) is 120 Å². The second-order valence-corrected chi connectivity index (χ2v) is 9.44. The number of amides is 3. The van der Waals surface area contributed by atoms with E-state index in [1.54, 1.807) is 6.92 Å².